The van der Waals surface area contributed by atoms with Crippen LogP contribution < -0.4 is 0 Å². The number of benzene rings is 2. The minimum Gasteiger partial charge on any atom is -0.290 e. The third-order valence-corrected chi connectivity index (χ3v) is 2.91. The largest absolute Gasteiger partial charge is 0.290 e. The molecule has 0 unspecified atom stereocenters. The van der Waals surface area contributed by atoms with Crippen LogP contribution in [0.5, 0.6) is 0 Å². The van der Waals surface area contributed by atoms with E-state index >= 15 is 0 Å². The predicted octanol–water partition coefficient (Wildman–Crippen LogP) is 2.38. The lowest BCUT2D eigenvalue weighted by atomic mass is 10.0. The number of carbonyl (C=O) groups excluding carboxylic acids is 1. The van der Waals surface area contributed by atoms with Crippen LogP contribution in [0.25, 0.3) is 10.8 Å². The smallest absolute Gasteiger partial charge is 0.203 e. The molecule has 88 valence electrons. The van der Waals surface area contributed by atoms with E-state index in [2.05, 4.69) is 15.2 Å². The number of Topliss-reactive ketones (excluding diaryl/α,β-unsaturated/α-hetero) is 1. The number of aromatic nitrogens is 3. The Kier molecular flexibility index (Phi) is 2.61. The number of hydrogen-bond donors (Lipinski definition) is 1. The average Bonchev–Trinajstić information content (AvgIpc) is 2.93. The first kappa shape index (κ1) is 10.7. The summed E-state index contributed by atoms with van der Waals surface area (Å²) in [6, 6.07) is 14.0. The maximum Gasteiger partial charge on any atom is 0.203 e. The summed E-state index contributed by atoms with van der Waals surface area (Å²) in [7, 11) is 0. The number of hydrogen-bond acceptors (Lipinski definition) is 3. The molecule has 0 aliphatic rings. The van der Waals surface area contributed by atoms with Crippen LogP contribution >= 0.6 is 0 Å². The highest BCUT2D eigenvalue weighted by Crippen LogP contribution is 2.19. The van der Waals surface area contributed by atoms with Gasteiger partial charge in [0.25, 0.3) is 0 Å². The van der Waals surface area contributed by atoms with E-state index in [1.807, 2.05) is 42.5 Å². The van der Waals surface area contributed by atoms with Crippen molar-refractivity contribution < 1.29 is 4.79 Å². The fourth-order valence-electron chi connectivity index (χ4n) is 2.04. The summed E-state index contributed by atoms with van der Waals surface area (Å²) in [4.78, 5) is 15.9. The molecule has 0 atom stereocenters. The molecular weight excluding hydrogens is 226 g/mol. The van der Waals surface area contributed by atoms with Crippen molar-refractivity contribution in [3.05, 3.63) is 60.2 Å². The van der Waals surface area contributed by atoms with Crippen molar-refractivity contribution in [1.82, 2.24) is 15.2 Å². The minimum absolute atomic E-state index is 0.0520. The first-order valence-corrected chi connectivity index (χ1v) is 5.70. The molecule has 0 saturated carbocycles. The van der Waals surface area contributed by atoms with Crippen molar-refractivity contribution in [3.63, 3.8) is 0 Å². The van der Waals surface area contributed by atoms with Gasteiger partial charge in [-0.2, -0.15) is 5.10 Å². The van der Waals surface area contributed by atoms with Gasteiger partial charge in [-0.05, 0) is 16.3 Å². The minimum atomic E-state index is -0.0520. The SMILES string of the molecule is O=C(Cc1cccc2ccccc12)c1ncn[nH]1. The Morgan fingerprint density at radius 3 is 2.78 bits per heavy atom. The number of ketones is 1. The van der Waals surface area contributed by atoms with Crippen molar-refractivity contribution >= 4 is 16.6 Å². The molecule has 0 aliphatic carbocycles. The van der Waals surface area contributed by atoms with Gasteiger partial charge in [0.1, 0.15) is 6.33 Å². The summed E-state index contributed by atoms with van der Waals surface area (Å²) >= 11 is 0. The molecule has 2 aromatic carbocycles. The standard InChI is InChI=1S/C14H11N3O/c18-13(14-15-9-16-17-14)8-11-6-3-5-10-4-1-2-7-12(10)11/h1-7,9H,8H2,(H,15,16,17). The molecule has 1 aromatic heterocycles. The molecule has 0 spiro atoms. The Hall–Kier alpha value is -2.49. The number of rotatable bonds is 3. The zero-order chi connectivity index (χ0) is 12.4. The fourth-order valence-corrected chi connectivity index (χ4v) is 2.04. The van der Waals surface area contributed by atoms with E-state index in [-0.39, 0.29) is 5.78 Å². The van der Waals surface area contributed by atoms with Crippen LogP contribution in [-0.4, -0.2) is 21.0 Å². The third-order valence-electron chi connectivity index (χ3n) is 2.91. The molecule has 4 nitrogen and oxygen atoms in total. The van der Waals surface area contributed by atoms with Gasteiger partial charge in [0, 0.05) is 6.42 Å². The predicted molar refractivity (Wildman–Crippen MR) is 68.4 cm³/mol. The van der Waals surface area contributed by atoms with Gasteiger partial charge in [-0.25, -0.2) is 4.98 Å². The summed E-state index contributed by atoms with van der Waals surface area (Å²) in [5.41, 5.74) is 1.01. The van der Waals surface area contributed by atoms with Crippen LogP contribution in [0.2, 0.25) is 0 Å². The number of H-pyrrole nitrogens is 1. The molecule has 0 aliphatic heterocycles. The highest BCUT2D eigenvalue weighted by molar-refractivity contribution is 5.97. The number of carbonyl (C=O) groups is 1. The van der Waals surface area contributed by atoms with E-state index < -0.39 is 0 Å². The van der Waals surface area contributed by atoms with E-state index in [9.17, 15) is 4.79 Å². The van der Waals surface area contributed by atoms with Crippen LogP contribution in [-0.2, 0) is 6.42 Å². The van der Waals surface area contributed by atoms with Crippen LogP contribution in [0.4, 0.5) is 0 Å². The summed E-state index contributed by atoms with van der Waals surface area (Å²) in [5, 5.41) is 8.53. The van der Waals surface area contributed by atoms with Crippen molar-refractivity contribution in [1.29, 1.82) is 0 Å². The molecular formula is C14H11N3O. The number of fused-ring (bicyclic) bond motifs is 1. The van der Waals surface area contributed by atoms with Crippen molar-refractivity contribution in [2.45, 2.75) is 6.42 Å². The highest BCUT2D eigenvalue weighted by Gasteiger charge is 2.11. The van der Waals surface area contributed by atoms with Gasteiger partial charge < -0.3 is 0 Å². The summed E-state index contributed by atoms with van der Waals surface area (Å²) in [6.07, 6.45) is 1.67. The lowest BCUT2D eigenvalue weighted by Gasteiger charge is -2.04. The molecule has 18 heavy (non-hydrogen) atoms. The van der Waals surface area contributed by atoms with Crippen LogP contribution in [0.1, 0.15) is 16.2 Å². The molecule has 0 bridgehead atoms. The lowest BCUT2D eigenvalue weighted by molar-refractivity contribution is 0.0984. The zero-order valence-corrected chi connectivity index (χ0v) is 9.63. The molecule has 3 rings (SSSR count). The first-order chi connectivity index (χ1) is 8.84. The summed E-state index contributed by atoms with van der Waals surface area (Å²) in [5.74, 6) is 0.256. The Balaban J connectivity index is 1.98. The van der Waals surface area contributed by atoms with Gasteiger partial charge >= 0.3 is 0 Å². The lowest BCUT2D eigenvalue weighted by Crippen LogP contribution is -2.06. The van der Waals surface area contributed by atoms with Gasteiger partial charge in [0.2, 0.25) is 5.78 Å². The molecule has 1 N–H and O–H groups in total. The van der Waals surface area contributed by atoms with E-state index in [0.29, 0.717) is 12.2 Å². The van der Waals surface area contributed by atoms with Gasteiger partial charge in [0.05, 0.1) is 0 Å². The molecule has 0 fully saturated rings. The monoisotopic (exact) mass is 237 g/mol. The van der Waals surface area contributed by atoms with E-state index in [4.69, 9.17) is 0 Å². The molecule has 1 heterocycles. The van der Waals surface area contributed by atoms with Crippen LogP contribution in [0.15, 0.2) is 48.8 Å². The molecule has 0 amide bonds. The quantitative estimate of drug-likeness (QED) is 0.711. The Labute approximate surface area is 104 Å². The summed E-state index contributed by atoms with van der Waals surface area (Å²) < 4.78 is 0. The van der Waals surface area contributed by atoms with E-state index in [0.717, 1.165) is 16.3 Å². The second-order valence-corrected chi connectivity index (χ2v) is 4.07. The Morgan fingerprint density at radius 1 is 1.11 bits per heavy atom. The number of aromatic amines is 1. The Bertz CT molecular complexity index is 684. The average molecular weight is 237 g/mol. The van der Waals surface area contributed by atoms with Gasteiger partial charge in [-0.1, -0.05) is 42.5 Å². The molecule has 3 aromatic rings. The summed E-state index contributed by atoms with van der Waals surface area (Å²) in [6.45, 7) is 0. The van der Waals surface area contributed by atoms with Crippen LogP contribution in [0.3, 0.4) is 0 Å². The topological polar surface area (TPSA) is 58.6 Å². The zero-order valence-electron chi connectivity index (χ0n) is 9.63. The van der Waals surface area contributed by atoms with Gasteiger partial charge in [-0.15, -0.1) is 0 Å². The first-order valence-electron chi connectivity index (χ1n) is 5.70. The fraction of sp³-hybridized carbons (Fsp3) is 0.0714. The maximum atomic E-state index is 12.0. The number of nitrogens with zero attached hydrogens (tertiary/aromatic N) is 2. The van der Waals surface area contributed by atoms with Gasteiger partial charge in [-0.3, -0.25) is 9.89 Å². The van der Waals surface area contributed by atoms with Crippen LogP contribution in [0, 0.1) is 0 Å². The van der Waals surface area contributed by atoms with Crippen molar-refractivity contribution in [3.8, 4) is 0 Å². The third kappa shape index (κ3) is 1.88. The van der Waals surface area contributed by atoms with Gasteiger partial charge in [0.15, 0.2) is 5.82 Å². The number of nitrogens with one attached hydrogen (secondary N) is 1. The van der Waals surface area contributed by atoms with E-state index in [1.165, 1.54) is 6.33 Å². The molecule has 4 heteroatoms. The van der Waals surface area contributed by atoms with Crippen molar-refractivity contribution in [2.75, 3.05) is 0 Å². The maximum absolute atomic E-state index is 12.0. The molecule has 0 saturated heterocycles. The Morgan fingerprint density at radius 2 is 1.94 bits per heavy atom. The van der Waals surface area contributed by atoms with E-state index in [1.54, 1.807) is 0 Å². The second kappa shape index (κ2) is 4.41. The normalized spacial score (nSPS) is 10.7. The molecule has 0 radical (unpaired) electrons. The van der Waals surface area contributed by atoms with Crippen molar-refractivity contribution in [2.24, 2.45) is 0 Å². The second-order valence-electron chi connectivity index (χ2n) is 4.07. The highest BCUT2D eigenvalue weighted by atomic mass is 16.1.